The van der Waals surface area contributed by atoms with E-state index in [1.165, 1.54) is 24.3 Å². The molecule has 0 aliphatic carbocycles. The number of benzene rings is 1. The third-order valence-corrected chi connectivity index (χ3v) is 8.13. The summed E-state index contributed by atoms with van der Waals surface area (Å²) in [5.74, 6) is 0. The molecule has 2 rings (SSSR count). The van der Waals surface area contributed by atoms with Crippen LogP contribution in [0.25, 0.3) is 0 Å². The van der Waals surface area contributed by atoms with Crippen LogP contribution in [-0.2, 0) is 19.9 Å². The molecule has 0 aromatic heterocycles. The summed E-state index contributed by atoms with van der Waals surface area (Å²) in [6.07, 6.45) is 3.40. The van der Waals surface area contributed by atoms with Crippen LogP contribution in [0.3, 0.4) is 0 Å². The first-order valence-corrected chi connectivity index (χ1v) is 11.9. The number of nitrogens with zero attached hydrogens (tertiary/aromatic N) is 2. The van der Waals surface area contributed by atoms with Gasteiger partial charge in [0.1, 0.15) is 0 Å². The number of piperidine rings is 1. The molecule has 0 saturated carbocycles. The minimum absolute atomic E-state index is 0.124. The van der Waals surface area contributed by atoms with Gasteiger partial charge in [-0.05, 0) is 70.6 Å². The molecule has 1 aromatic rings. The van der Waals surface area contributed by atoms with E-state index < -0.39 is 25.4 Å². The molecular formula is C17H28N2O4S2. The highest BCUT2D eigenvalue weighted by atomic mass is 32.2. The monoisotopic (exact) mass is 388 g/mol. The minimum Gasteiger partial charge on any atom is -0.306 e. The molecule has 1 saturated heterocycles. The van der Waals surface area contributed by atoms with E-state index >= 15 is 0 Å². The van der Waals surface area contributed by atoms with E-state index in [0.29, 0.717) is 6.54 Å². The minimum atomic E-state index is -3.68. The molecule has 0 spiro atoms. The Morgan fingerprint density at radius 3 is 1.96 bits per heavy atom. The van der Waals surface area contributed by atoms with Gasteiger partial charge in [0.05, 0.1) is 9.79 Å². The van der Waals surface area contributed by atoms with E-state index in [2.05, 4.69) is 4.90 Å². The smallest absolute Gasteiger partial charge is 0.243 e. The Balaban J connectivity index is 2.39. The summed E-state index contributed by atoms with van der Waals surface area (Å²) in [5.41, 5.74) is -0.420. The van der Waals surface area contributed by atoms with Crippen molar-refractivity contribution in [1.82, 2.24) is 9.21 Å². The van der Waals surface area contributed by atoms with Gasteiger partial charge in [0.25, 0.3) is 0 Å². The zero-order valence-corrected chi connectivity index (χ0v) is 17.0. The molecule has 0 N–H and O–H groups in total. The van der Waals surface area contributed by atoms with Crippen LogP contribution in [0.5, 0.6) is 0 Å². The molecule has 1 aliphatic rings. The van der Waals surface area contributed by atoms with Gasteiger partial charge < -0.3 is 4.90 Å². The van der Waals surface area contributed by atoms with Gasteiger partial charge in [-0.15, -0.1) is 0 Å². The van der Waals surface area contributed by atoms with E-state index in [4.69, 9.17) is 0 Å². The summed E-state index contributed by atoms with van der Waals surface area (Å²) in [4.78, 5) is 2.48. The summed E-state index contributed by atoms with van der Waals surface area (Å²) in [5, 5.41) is 0. The normalized spacial score (nSPS) is 19.2. The van der Waals surface area contributed by atoms with Crippen molar-refractivity contribution in [1.29, 1.82) is 0 Å². The summed E-state index contributed by atoms with van der Waals surface area (Å²) in [6, 6.07) is 5.52. The zero-order chi connectivity index (χ0) is 18.9. The first kappa shape index (κ1) is 20.4. The van der Waals surface area contributed by atoms with Crippen LogP contribution in [0.2, 0.25) is 0 Å². The number of sulfonamides is 1. The summed E-state index contributed by atoms with van der Waals surface area (Å²) >= 11 is 0. The van der Waals surface area contributed by atoms with Crippen molar-refractivity contribution in [2.45, 2.75) is 48.4 Å². The topological polar surface area (TPSA) is 74.8 Å². The third kappa shape index (κ3) is 4.42. The molecule has 0 radical (unpaired) electrons. The highest BCUT2D eigenvalue weighted by Gasteiger charge is 2.41. The summed E-state index contributed by atoms with van der Waals surface area (Å²) in [7, 11) is -4.99. The second kappa shape index (κ2) is 7.34. The lowest BCUT2D eigenvalue weighted by atomic mass is 9.89. The van der Waals surface area contributed by atoms with Crippen molar-refractivity contribution in [3.05, 3.63) is 24.3 Å². The number of likely N-dealkylation sites (tertiary alicyclic amines) is 1. The highest BCUT2D eigenvalue weighted by molar-refractivity contribution is 7.90. The van der Waals surface area contributed by atoms with Crippen LogP contribution >= 0.6 is 0 Å². The van der Waals surface area contributed by atoms with Crippen molar-refractivity contribution in [2.24, 2.45) is 0 Å². The van der Waals surface area contributed by atoms with E-state index in [9.17, 15) is 16.8 Å². The second-order valence-electron chi connectivity index (χ2n) is 7.12. The standard InChI is InChI=1S/C17H28N2O4S2/c1-5-12-19(17(2)10-13-18(3)14-11-17)25(22,23)16-8-6-15(7-9-16)24(4,20)21/h6-9H,5,10-14H2,1-4H3. The Hall–Kier alpha value is -0.960. The number of rotatable bonds is 6. The van der Waals surface area contributed by atoms with Crippen LogP contribution in [-0.4, -0.2) is 64.5 Å². The van der Waals surface area contributed by atoms with Crippen LogP contribution in [0, 0.1) is 0 Å². The maximum atomic E-state index is 13.2. The average molecular weight is 389 g/mol. The fourth-order valence-electron chi connectivity index (χ4n) is 3.22. The van der Waals surface area contributed by atoms with Crippen molar-refractivity contribution in [2.75, 3.05) is 32.9 Å². The van der Waals surface area contributed by atoms with Crippen LogP contribution in [0.1, 0.15) is 33.1 Å². The number of sulfone groups is 1. The lowest BCUT2D eigenvalue weighted by Gasteiger charge is -2.45. The lowest BCUT2D eigenvalue weighted by molar-refractivity contribution is 0.104. The molecule has 1 fully saturated rings. The Morgan fingerprint density at radius 1 is 1.04 bits per heavy atom. The molecule has 8 heteroatoms. The molecular weight excluding hydrogens is 360 g/mol. The van der Waals surface area contributed by atoms with Gasteiger partial charge in [-0.2, -0.15) is 4.31 Å². The molecule has 25 heavy (non-hydrogen) atoms. The quantitative estimate of drug-likeness (QED) is 0.745. The SMILES string of the molecule is CCCN(C1(C)CCN(C)CC1)S(=O)(=O)c1ccc(S(C)(=O)=O)cc1. The van der Waals surface area contributed by atoms with Gasteiger partial charge in [0, 0.05) is 18.3 Å². The molecule has 0 unspecified atom stereocenters. The van der Waals surface area contributed by atoms with Crippen LogP contribution < -0.4 is 0 Å². The van der Waals surface area contributed by atoms with Gasteiger partial charge in [0.15, 0.2) is 9.84 Å². The van der Waals surface area contributed by atoms with Crippen molar-refractivity contribution < 1.29 is 16.8 Å². The second-order valence-corrected chi connectivity index (χ2v) is 11.0. The van der Waals surface area contributed by atoms with E-state index in [1.807, 2.05) is 20.9 Å². The van der Waals surface area contributed by atoms with Crippen molar-refractivity contribution in [3.63, 3.8) is 0 Å². The Bertz CT molecular complexity index is 794. The highest BCUT2D eigenvalue weighted by Crippen LogP contribution is 2.33. The van der Waals surface area contributed by atoms with Gasteiger partial charge in [-0.3, -0.25) is 0 Å². The van der Waals surface area contributed by atoms with Gasteiger partial charge in [0.2, 0.25) is 10.0 Å². The average Bonchev–Trinajstić information content (AvgIpc) is 2.54. The van der Waals surface area contributed by atoms with E-state index in [1.54, 1.807) is 4.31 Å². The summed E-state index contributed by atoms with van der Waals surface area (Å²) < 4.78 is 51.3. The van der Waals surface area contributed by atoms with Crippen molar-refractivity contribution in [3.8, 4) is 0 Å². The Morgan fingerprint density at radius 2 is 1.52 bits per heavy atom. The Kier molecular flexibility index (Phi) is 5.98. The number of hydrogen-bond donors (Lipinski definition) is 0. The van der Waals surface area contributed by atoms with E-state index in [-0.39, 0.29) is 9.79 Å². The lowest BCUT2D eigenvalue weighted by Crippen LogP contribution is -2.55. The predicted molar refractivity (Wildman–Crippen MR) is 98.9 cm³/mol. The maximum absolute atomic E-state index is 13.2. The van der Waals surface area contributed by atoms with Gasteiger partial charge >= 0.3 is 0 Å². The molecule has 1 heterocycles. The molecule has 0 bridgehead atoms. The maximum Gasteiger partial charge on any atom is 0.243 e. The fourth-order valence-corrected chi connectivity index (χ4v) is 5.77. The molecule has 0 atom stereocenters. The Labute approximate surface area is 151 Å². The molecule has 1 aliphatic heterocycles. The molecule has 6 nitrogen and oxygen atoms in total. The van der Waals surface area contributed by atoms with Crippen LogP contribution in [0.4, 0.5) is 0 Å². The number of hydrogen-bond acceptors (Lipinski definition) is 5. The van der Waals surface area contributed by atoms with Crippen molar-refractivity contribution >= 4 is 19.9 Å². The molecule has 1 aromatic carbocycles. The third-order valence-electron chi connectivity index (χ3n) is 4.93. The fraction of sp³-hybridized carbons (Fsp3) is 0.647. The first-order chi connectivity index (χ1) is 11.5. The summed E-state index contributed by atoms with van der Waals surface area (Å²) in [6.45, 7) is 6.15. The van der Waals surface area contributed by atoms with E-state index in [0.717, 1.165) is 38.6 Å². The molecule has 142 valence electrons. The molecule has 0 amide bonds. The van der Waals surface area contributed by atoms with Crippen LogP contribution in [0.15, 0.2) is 34.1 Å². The zero-order valence-electron chi connectivity index (χ0n) is 15.4. The largest absolute Gasteiger partial charge is 0.306 e. The van der Waals surface area contributed by atoms with Gasteiger partial charge in [-0.1, -0.05) is 6.92 Å². The first-order valence-electron chi connectivity index (χ1n) is 8.52. The van der Waals surface area contributed by atoms with Gasteiger partial charge in [-0.25, -0.2) is 16.8 Å². The predicted octanol–water partition coefficient (Wildman–Crippen LogP) is 1.98.